The van der Waals surface area contributed by atoms with Crippen LogP contribution in [0.2, 0.25) is 0 Å². The zero-order chi connectivity index (χ0) is 22.4. The molecule has 2 N–H and O–H groups in total. The number of sulfonamides is 1. The number of carbonyl (C=O) groups is 1. The van der Waals surface area contributed by atoms with Crippen LogP contribution >= 0.6 is 0 Å². The Kier molecular flexibility index (Phi) is 5.18. The first-order chi connectivity index (χ1) is 14.6. The van der Waals surface area contributed by atoms with Gasteiger partial charge in [-0.2, -0.15) is 9.40 Å². The molecule has 0 bridgehead atoms. The number of rotatable bonds is 6. The fourth-order valence-corrected chi connectivity index (χ4v) is 5.54. The highest BCUT2D eigenvalue weighted by Crippen LogP contribution is 2.38. The molecule has 1 fully saturated rings. The number of aromatic nitrogens is 3. The first kappa shape index (κ1) is 21.2. The van der Waals surface area contributed by atoms with E-state index in [4.69, 9.17) is 10.3 Å². The molecule has 1 saturated heterocycles. The van der Waals surface area contributed by atoms with E-state index < -0.39 is 21.3 Å². The quantitative estimate of drug-likeness (QED) is 0.612. The predicted molar refractivity (Wildman–Crippen MR) is 109 cm³/mol. The van der Waals surface area contributed by atoms with E-state index in [9.17, 15) is 17.6 Å². The molecule has 1 aromatic carbocycles. The molecule has 0 aliphatic carbocycles. The average molecular weight is 447 g/mol. The van der Waals surface area contributed by atoms with Crippen molar-refractivity contribution < 1.29 is 22.1 Å². The zero-order valence-corrected chi connectivity index (χ0v) is 17.9. The van der Waals surface area contributed by atoms with E-state index in [0.29, 0.717) is 22.7 Å². The van der Waals surface area contributed by atoms with Gasteiger partial charge in [-0.25, -0.2) is 12.8 Å². The molecular formula is C20H22FN5O4S. The average Bonchev–Trinajstić information content (AvgIpc) is 3.44. The molecule has 1 amide bonds. The molecule has 1 atom stereocenters. The summed E-state index contributed by atoms with van der Waals surface area (Å²) >= 11 is 0. The lowest BCUT2D eigenvalue weighted by Gasteiger charge is -2.24. The van der Waals surface area contributed by atoms with Crippen LogP contribution in [-0.4, -0.2) is 46.7 Å². The molecule has 4 rings (SSSR count). The number of amides is 1. The highest BCUT2D eigenvalue weighted by Gasteiger charge is 2.48. The monoisotopic (exact) mass is 447 g/mol. The summed E-state index contributed by atoms with van der Waals surface area (Å²) in [4.78, 5) is 12.5. The Bertz CT molecular complexity index is 1230. The summed E-state index contributed by atoms with van der Waals surface area (Å²) in [6.07, 6.45) is 1.67. The number of carbonyl (C=O) groups excluding carboxylic acids is 1. The van der Waals surface area contributed by atoms with Gasteiger partial charge in [-0.1, -0.05) is 5.16 Å². The van der Waals surface area contributed by atoms with E-state index >= 15 is 0 Å². The van der Waals surface area contributed by atoms with E-state index in [1.54, 1.807) is 32.2 Å². The van der Waals surface area contributed by atoms with Crippen molar-refractivity contribution in [2.45, 2.75) is 24.7 Å². The van der Waals surface area contributed by atoms with Crippen LogP contribution in [0.4, 0.5) is 4.39 Å². The Morgan fingerprint density at radius 2 is 2.03 bits per heavy atom. The fourth-order valence-electron chi connectivity index (χ4n) is 3.83. The van der Waals surface area contributed by atoms with Gasteiger partial charge >= 0.3 is 0 Å². The third-order valence-electron chi connectivity index (χ3n) is 5.86. The van der Waals surface area contributed by atoms with Crippen LogP contribution in [-0.2, 0) is 28.3 Å². The highest BCUT2D eigenvalue weighted by atomic mass is 32.2. The van der Waals surface area contributed by atoms with E-state index in [-0.39, 0.29) is 36.6 Å². The van der Waals surface area contributed by atoms with Gasteiger partial charge in [-0.3, -0.25) is 9.48 Å². The number of hydrogen-bond donors (Lipinski definition) is 1. The van der Waals surface area contributed by atoms with Crippen molar-refractivity contribution in [2.75, 3.05) is 13.1 Å². The molecule has 0 saturated carbocycles. The van der Waals surface area contributed by atoms with Gasteiger partial charge < -0.3 is 10.3 Å². The van der Waals surface area contributed by atoms with Crippen molar-refractivity contribution in [3.05, 3.63) is 53.8 Å². The largest absolute Gasteiger partial charge is 0.369 e. The molecule has 0 spiro atoms. The first-order valence-electron chi connectivity index (χ1n) is 9.63. The molecule has 1 aliphatic heterocycles. The van der Waals surface area contributed by atoms with E-state index in [0.717, 1.165) is 0 Å². The lowest BCUT2D eigenvalue weighted by atomic mass is 9.82. The van der Waals surface area contributed by atoms with Gasteiger partial charge in [0.05, 0.1) is 17.3 Å². The van der Waals surface area contributed by atoms with Gasteiger partial charge in [-0.05, 0) is 37.6 Å². The van der Waals surface area contributed by atoms with Crippen LogP contribution in [0.25, 0.3) is 11.3 Å². The van der Waals surface area contributed by atoms with Crippen molar-refractivity contribution in [3.63, 3.8) is 0 Å². The maximum absolute atomic E-state index is 13.1. The zero-order valence-electron chi connectivity index (χ0n) is 17.1. The molecule has 31 heavy (non-hydrogen) atoms. The van der Waals surface area contributed by atoms with Crippen LogP contribution in [0, 0.1) is 18.2 Å². The SMILES string of the molecule is Cc1c(S(=O)(=O)N2CC[C@@](Cc3cc(-c4ccc(F)cc4)no3)(C(N)=O)C2)cnn1C. The van der Waals surface area contributed by atoms with Gasteiger partial charge in [0.2, 0.25) is 15.9 Å². The van der Waals surface area contributed by atoms with Crippen molar-refractivity contribution in [1.82, 2.24) is 19.2 Å². The smallest absolute Gasteiger partial charge is 0.246 e. The van der Waals surface area contributed by atoms with Gasteiger partial charge in [-0.15, -0.1) is 0 Å². The number of primary amides is 1. The summed E-state index contributed by atoms with van der Waals surface area (Å²) in [6.45, 7) is 1.76. The second-order valence-electron chi connectivity index (χ2n) is 7.81. The molecule has 1 aliphatic rings. The van der Waals surface area contributed by atoms with Gasteiger partial charge in [0, 0.05) is 38.2 Å². The Hall–Kier alpha value is -3.05. The number of aryl methyl sites for hydroxylation is 1. The van der Waals surface area contributed by atoms with Gasteiger partial charge in [0.25, 0.3) is 0 Å². The third-order valence-corrected chi connectivity index (χ3v) is 7.81. The summed E-state index contributed by atoms with van der Waals surface area (Å²) in [5.41, 5.74) is 6.25. The third kappa shape index (κ3) is 3.74. The fraction of sp³-hybridized carbons (Fsp3) is 0.350. The Morgan fingerprint density at radius 1 is 1.32 bits per heavy atom. The van der Waals surface area contributed by atoms with Crippen molar-refractivity contribution in [2.24, 2.45) is 18.2 Å². The molecule has 3 heterocycles. The topological polar surface area (TPSA) is 124 Å². The molecule has 0 radical (unpaired) electrons. The molecule has 164 valence electrons. The van der Waals surface area contributed by atoms with Crippen LogP contribution in [0.5, 0.6) is 0 Å². The standard InChI is InChI=1S/C20H22FN5O4S/c1-13-18(11-23-25(13)2)31(28,29)26-8-7-20(12-26,19(22)27)10-16-9-17(24-30-16)14-3-5-15(21)6-4-14/h3-6,9,11H,7-8,10,12H2,1-2H3,(H2,22,27)/t20-/m0/s1. The normalized spacial score (nSPS) is 19.7. The van der Waals surface area contributed by atoms with Crippen LogP contribution in [0.1, 0.15) is 17.9 Å². The Morgan fingerprint density at radius 3 is 2.65 bits per heavy atom. The number of nitrogens with two attached hydrogens (primary N) is 1. The summed E-state index contributed by atoms with van der Waals surface area (Å²) < 4.78 is 47.5. The van der Waals surface area contributed by atoms with Crippen molar-refractivity contribution >= 4 is 15.9 Å². The predicted octanol–water partition coefficient (Wildman–Crippen LogP) is 1.63. The number of hydrogen-bond acceptors (Lipinski definition) is 6. The summed E-state index contributed by atoms with van der Waals surface area (Å²) in [5, 5.41) is 7.99. The maximum atomic E-state index is 13.1. The molecule has 3 aromatic rings. The van der Waals surface area contributed by atoms with E-state index in [1.807, 2.05) is 0 Å². The molecule has 11 heteroatoms. The lowest BCUT2D eigenvalue weighted by Crippen LogP contribution is -2.42. The Labute approximate surface area is 178 Å². The van der Waals surface area contributed by atoms with Crippen LogP contribution in [0.15, 0.2) is 45.9 Å². The van der Waals surface area contributed by atoms with E-state index in [2.05, 4.69) is 10.3 Å². The second kappa shape index (κ2) is 7.57. The molecule has 9 nitrogen and oxygen atoms in total. The highest BCUT2D eigenvalue weighted by molar-refractivity contribution is 7.89. The minimum absolute atomic E-state index is 0.0639. The van der Waals surface area contributed by atoms with Crippen molar-refractivity contribution in [3.8, 4) is 11.3 Å². The van der Waals surface area contributed by atoms with Crippen LogP contribution in [0.3, 0.4) is 0 Å². The van der Waals surface area contributed by atoms with Gasteiger partial charge in [0.15, 0.2) is 0 Å². The lowest BCUT2D eigenvalue weighted by molar-refractivity contribution is -0.127. The van der Waals surface area contributed by atoms with Gasteiger partial charge in [0.1, 0.15) is 22.2 Å². The number of benzene rings is 1. The van der Waals surface area contributed by atoms with E-state index in [1.165, 1.54) is 27.3 Å². The second-order valence-corrected chi connectivity index (χ2v) is 9.72. The summed E-state index contributed by atoms with van der Waals surface area (Å²) in [5.74, 6) is -0.570. The first-order valence-corrected chi connectivity index (χ1v) is 11.1. The number of nitrogens with zero attached hydrogens (tertiary/aromatic N) is 4. The number of halogens is 1. The molecular weight excluding hydrogens is 425 g/mol. The maximum Gasteiger partial charge on any atom is 0.246 e. The van der Waals surface area contributed by atoms with Crippen LogP contribution < -0.4 is 5.73 Å². The minimum atomic E-state index is -3.83. The summed E-state index contributed by atoms with van der Waals surface area (Å²) in [7, 11) is -2.17. The summed E-state index contributed by atoms with van der Waals surface area (Å²) in [6, 6.07) is 7.42. The molecule has 0 unspecified atom stereocenters. The molecule has 2 aromatic heterocycles. The van der Waals surface area contributed by atoms with Crippen molar-refractivity contribution in [1.29, 1.82) is 0 Å². The Balaban J connectivity index is 1.58. The minimum Gasteiger partial charge on any atom is -0.369 e.